The fraction of sp³-hybridized carbons (Fsp3) is 0.393. The molecule has 9 heteroatoms. The van der Waals surface area contributed by atoms with E-state index in [9.17, 15) is 19.5 Å². The van der Waals surface area contributed by atoms with Crippen molar-refractivity contribution in [1.82, 2.24) is 20.6 Å². The molecule has 0 aliphatic carbocycles. The number of carbonyl (C=O) groups is 3. The van der Waals surface area contributed by atoms with Gasteiger partial charge in [-0.05, 0) is 55.0 Å². The highest BCUT2D eigenvalue weighted by atomic mass is 16.5. The Bertz CT molecular complexity index is 1230. The second-order valence-electron chi connectivity index (χ2n) is 9.46. The largest absolute Gasteiger partial charge is 0.465 e. The van der Waals surface area contributed by atoms with Crippen molar-refractivity contribution in [2.75, 3.05) is 14.2 Å². The molecular formula is C28H34N4O5. The van der Waals surface area contributed by atoms with Crippen molar-refractivity contribution in [3.63, 3.8) is 0 Å². The number of aliphatic hydroxyl groups excluding tert-OH is 1. The minimum Gasteiger partial charge on any atom is -0.465 e. The molecular weight excluding hydrogens is 472 g/mol. The summed E-state index contributed by atoms with van der Waals surface area (Å²) in [6.07, 6.45) is 1.43. The Balaban J connectivity index is 1.85. The van der Waals surface area contributed by atoms with E-state index < -0.39 is 29.9 Å². The van der Waals surface area contributed by atoms with Gasteiger partial charge in [0.15, 0.2) is 0 Å². The molecule has 0 aliphatic rings. The van der Waals surface area contributed by atoms with Crippen LogP contribution < -0.4 is 10.6 Å². The molecule has 3 rings (SSSR count). The first-order valence-corrected chi connectivity index (χ1v) is 12.3. The predicted molar refractivity (Wildman–Crippen MR) is 140 cm³/mol. The van der Waals surface area contributed by atoms with Crippen molar-refractivity contribution < 1.29 is 24.2 Å². The number of esters is 1. The van der Waals surface area contributed by atoms with Crippen LogP contribution in [-0.2, 0) is 16.0 Å². The molecule has 3 N–H and O–H groups in total. The predicted octanol–water partition coefficient (Wildman–Crippen LogP) is 2.92. The number of hydrogen-bond acceptors (Lipinski definition) is 7. The van der Waals surface area contributed by atoms with Crippen molar-refractivity contribution in [3.8, 4) is 0 Å². The molecule has 0 fully saturated rings. The van der Waals surface area contributed by atoms with E-state index in [1.165, 1.54) is 13.3 Å². The second kappa shape index (κ2) is 12.9. The first kappa shape index (κ1) is 27.7. The Morgan fingerprint density at radius 1 is 1.00 bits per heavy atom. The highest BCUT2D eigenvalue weighted by Gasteiger charge is 2.29. The number of amides is 2. The van der Waals surface area contributed by atoms with Gasteiger partial charge in [0.05, 0.1) is 42.0 Å². The van der Waals surface area contributed by atoms with E-state index in [0.717, 1.165) is 5.56 Å². The lowest BCUT2D eigenvalue weighted by atomic mass is 9.87. The molecule has 196 valence electrons. The Kier molecular flexibility index (Phi) is 9.68. The highest BCUT2D eigenvalue weighted by Crippen LogP contribution is 2.21. The molecule has 3 atom stereocenters. The van der Waals surface area contributed by atoms with Gasteiger partial charge in [0.25, 0.3) is 5.91 Å². The monoisotopic (exact) mass is 506 g/mol. The van der Waals surface area contributed by atoms with Crippen molar-refractivity contribution >= 4 is 28.8 Å². The smallest absolute Gasteiger partial charge is 0.337 e. The van der Waals surface area contributed by atoms with Gasteiger partial charge in [0, 0.05) is 13.0 Å². The van der Waals surface area contributed by atoms with Gasteiger partial charge in [0.1, 0.15) is 5.69 Å². The van der Waals surface area contributed by atoms with Gasteiger partial charge in [-0.1, -0.05) is 38.1 Å². The Labute approximate surface area is 216 Å². The molecule has 37 heavy (non-hydrogen) atoms. The third kappa shape index (κ3) is 7.57. The van der Waals surface area contributed by atoms with Crippen LogP contribution >= 0.6 is 0 Å². The number of nitrogens with zero attached hydrogens (tertiary/aromatic N) is 2. The van der Waals surface area contributed by atoms with Crippen LogP contribution in [0, 0.1) is 11.8 Å². The third-order valence-electron chi connectivity index (χ3n) is 6.19. The summed E-state index contributed by atoms with van der Waals surface area (Å²) in [5.41, 5.74) is 2.57. The molecule has 2 aromatic carbocycles. The molecule has 0 saturated carbocycles. The molecule has 0 saturated heterocycles. The molecule has 0 bridgehead atoms. The van der Waals surface area contributed by atoms with E-state index in [1.807, 2.05) is 32.0 Å². The van der Waals surface area contributed by atoms with E-state index >= 15 is 0 Å². The maximum absolute atomic E-state index is 13.2. The van der Waals surface area contributed by atoms with Crippen LogP contribution in [0.1, 0.15) is 53.1 Å². The Hall–Kier alpha value is -3.85. The number of carbonyl (C=O) groups excluding carboxylic acids is 3. The molecule has 0 spiro atoms. The molecule has 9 nitrogen and oxygen atoms in total. The number of aromatic nitrogens is 2. The van der Waals surface area contributed by atoms with Gasteiger partial charge in [0.2, 0.25) is 5.91 Å². The second-order valence-corrected chi connectivity index (χ2v) is 9.46. The van der Waals surface area contributed by atoms with Crippen LogP contribution in [0.15, 0.2) is 54.7 Å². The lowest BCUT2D eigenvalue weighted by Gasteiger charge is -2.28. The summed E-state index contributed by atoms with van der Waals surface area (Å²) in [4.78, 5) is 46.1. The van der Waals surface area contributed by atoms with Crippen LogP contribution in [0.2, 0.25) is 0 Å². The van der Waals surface area contributed by atoms with Gasteiger partial charge in [-0.15, -0.1) is 0 Å². The number of nitrogens with one attached hydrogen (secondary N) is 2. The summed E-state index contributed by atoms with van der Waals surface area (Å²) >= 11 is 0. The number of ether oxygens (including phenoxy) is 1. The SMILES string of the molecule is CNC(=O)C(CC(C)C)CC(O)C(Cc1ccc(C(=O)OC)cc1)NC(=O)c1cnc2ccccc2n1. The van der Waals surface area contributed by atoms with Crippen LogP contribution in [-0.4, -0.2) is 59.2 Å². The van der Waals surface area contributed by atoms with Gasteiger partial charge >= 0.3 is 5.97 Å². The number of fused-ring (bicyclic) bond motifs is 1. The summed E-state index contributed by atoms with van der Waals surface area (Å²) in [5, 5.41) is 16.8. The van der Waals surface area contributed by atoms with Crippen molar-refractivity contribution in [2.24, 2.45) is 11.8 Å². The van der Waals surface area contributed by atoms with Crippen molar-refractivity contribution in [3.05, 3.63) is 71.5 Å². The number of benzene rings is 2. The zero-order valence-electron chi connectivity index (χ0n) is 21.6. The highest BCUT2D eigenvalue weighted by molar-refractivity contribution is 5.94. The molecule has 3 aromatic rings. The van der Waals surface area contributed by atoms with E-state index in [0.29, 0.717) is 23.0 Å². The van der Waals surface area contributed by atoms with Gasteiger partial charge in [-0.25, -0.2) is 9.78 Å². The molecule has 1 heterocycles. The molecule has 1 aromatic heterocycles. The topological polar surface area (TPSA) is 131 Å². The lowest BCUT2D eigenvalue weighted by molar-refractivity contribution is -0.126. The average Bonchev–Trinajstić information content (AvgIpc) is 2.91. The summed E-state index contributed by atoms with van der Waals surface area (Å²) in [6.45, 7) is 4.03. The minimum atomic E-state index is -1.02. The zero-order valence-corrected chi connectivity index (χ0v) is 21.6. The third-order valence-corrected chi connectivity index (χ3v) is 6.19. The van der Waals surface area contributed by atoms with E-state index in [-0.39, 0.29) is 30.4 Å². The Morgan fingerprint density at radius 3 is 2.30 bits per heavy atom. The first-order chi connectivity index (χ1) is 17.7. The first-order valence-electron chi connectivity index (χ1n) is 12.3. The normalized spacial score (nSPS) is 13.6. The number of aliphatic hydroxyl groups is 1. The quantitative estimate of drug-likeness (QED) is 0.341. The van der Waals surface area contributed by atoms with Gasteiger partial charge in [-0.3, -0.25) is 14.6 Å². The lowest BCUT2D eigenvalue weighted by Crippen LogP contribution is -2.47. The van der Waals surface area contributed by atoms with Crippen molar-refractivity contribution in [1.29, 1.82) is 0 Å². The van der Waals surface area contributed by atoms with Crippen LogP contribution in [0.5, 0.6) is 0 Å². The maximum atomic E-state index is 13.2. The number of methoxy groups -OCH3 is 1. The van der Waals surface area contributed by atoms with E-state index in [2.05, 4.69) is 20.6 Å². The van der Waals surface area contributed by atoms with E-state index in [4.69, 9.17) is 4.74 Å². The minimum absolute atomic E-state index is 0.127. The van der Waals surface area contributed by atoms with Gasteiger partial charge in [-0.2, -0.15) is 0 Å². The molecule has 2 amide bonds. The maximum Gasteiger partial charge on any atom is 0.337 e. The van der Waals surface area contributed by atoms with Crippen LogP contribution in [0.3, 0.4) is 0 Å². The average molecular weight is 507 g/mol. The standard InChI is InChI=1S/C28H34N4O5/c1-17(2)13-20(26(34)29-3)15-25(33)23(14-18-9-11-19(12-10-18)28(36)37-4)32-27(35)24-16-30-21-7-5-6-8-22(21)31-24/h5-12,16-17,20,23,25,33H,13-15H2,1-4H3,(H,29,34)(H,32,35). The Morgan fingerprint density at radius 2 is 1.68 bits per heavy atom. The van der Waals surface area contributed by atoms with Crippen LogP contribution in [0.25, 0.3) is 11.0 Å². The van der Waals surface area contributed by atoms with E-state index in [1.54, 1.807) is 37.4 Å². The summed E-state index contributed by atoms with van der Waals surface area (Å²) in [6, 6.07) is 13.3. The summed E-state index contributed by atoms with van der Waals surface area (Å²) < 4.78 is 4.75. The number of rotatable bonds is 11. The summed E-state index contributed by atoms with van der Waals surface area (Å²) in [7, 11) is 2.89. The molecule has 3 unspecified atom stereocenters. The summed E-state index contributed by atoms with van der Waals surface area (Å²) in [5.74, 6) is -1.24. The fourth-order valence-electron chi connectivity index (χ4n) is 4.28. The number of para-hydroxylation sites is 2. The number of hydrogen-bond donors (Lipinski definition) is 3. The van der Waals surface area contributed by atoms with Crippen molar-refractivity contribution in [2.45, 2.75) is 45.3 Å². The zero-order chi connectivity index (χ0) is 26.9. The van der Waals surface area contributed by atoms with Crippen LogP contribution in [0.4, 0.5) is 0 Å². The fourth-order valence-corrected chi connectivity index (χ4v) is 4.28. The molecule has 0 radical (unpaired) electrons. The molecule has 0 aliphatic heterocycles. The van der Waals surface area contributed by atoms with Gasteiger partial charge < -0.3 is 20.5 Å².